The summed E-state index contributed by atoms with van der Waals surface area (Å²) in [5, 5.41) is 0. The summed E-state index contributed by atoms with van der Waals surface area (Å²) in [6.45, 7) is 1.18. The van der Waals surface area contributed by atoms with Gasteiger partial charge in [-0.05, 0) is 30.8 Å². The van der Waals surface area contributed by atoms with Crippen molar-refractivity contribution >= 4 is 0 Å². The molecule has 1 unspecified atom stereocenters. The highest BCUT2D eigenvalue weighted by atomic mass is 19.1. The lowest BCUT2D eigenvalue weighted by Gasteiger charge is -2.28. The number of hydrogen-bond acceptors (Lipinski definition) is 3. The van der Waals surface area contributed by atoms with Crippen LogP contribution >= 0.6 is 0 Å². The van der Waals surface area contributed by atoms with Crippen LogP contribution in [-0.4, -0.2) is 25.6 Å². The lowest BCUT2D eigenvalue weighted by atomic mass is 10.0. The average molecular weight is 288 g/mol. The summed E-state index contributed by atoms with van der Waals surface area (Å²) in [7, 11) is 3.67. The Labute approximate surface area is 125 Å². The first kappa shape index (κ1) is 15.5. The zero-order chi connectivity index (χ0) is 15.2. The second-order valence-electron chi connectivity index (χ2n) is 5.03. The van der Waals surface area contributed by atoms with Gasteiger partial charge in [-0.1, -0.05) is 30.3 Å². The van der Waals surface area contributed by atoms with Crippen molar-refractivity contribution in [1.29, 1.82) is 0 Å². The normalized spacial score (nSPS) is 12.4. The van der Waals surface area contributed by atoms with Gasteiger partial charge in [0, 0.05) is 24.7 Å². The zero-order valence-electron chi connectivity index (χ0n) is 12.4. The number of nitrogens with two attached hydrogens (primary N) is 1. The molecule has 3 nitrogen and oxygen atoms in total. The zero-order valence-corrected chi connectivity index (χ0v) is 12.4. The summed E-state index contributed by atoms with van der Waals surface area (Å²) in [5.74, 6) is 0.626. The van der Waals surface area contributed by atoms with Gasteiger partial charge in [0.15, 0.2) is 0 Å². The fourth-order valence-corrected chi connectivity index (χ4v) is 2.47. The predicted octanol–water partition coefficient (Wildman–Crippen LogP) is 2.97. The van der Waals surface area contributed by atoms with E-state index in [4.69, 9.17) is 10.5 Å². The number of rotatable bonds is 6. The van der Waals surface area contributed by atoms with Crippen molar-refractivity contribution in [3.63, 3.8) is 0 Å². The number of ether oxygens (including phenoxy) is 1. The third-order valence-corrected chi connectivity index (χ3v) is 3.62. The number of likely N-dealkylation sites (N-methyl/N-ethyl adjacent to an activating group) is 1. The van der Waals surface area contributed by atoms with Crippen LogP contribution in [0, 0.1) is 5.82 Å². The van der Waals surface area contributed by atoms with Crippen LogP contribution in [0.5, 0.6) is 5.75 Å². The van der Waals surface area contributed by atoms with Crippen LogP contribution in [0.1, 0.15) is 17.2 Å². The molecule has 21 heavy (non-hydrogen) atoms. The summed E-state index contributed by atoms with van der Waals surface area (Å²) in [6.07, 6.45) is 0. The van der Waals surface area contributed by atoms with Crippen LogP contribution in [0.3, 0.4) is 0 Å². The average Bonchev–Trinajstić information content (AvgIpc) is 2.50. The molecule has 0 spiro atoms. The number of methoxy groups -OCH3 is 1. The van der Waals surface area contributed by atoms with Crippen molar-refractivity contribution < 1.29 is 9.13 Å². The lowest BCUT2D eigenvalue weighted by Crippen LogP contribution is -2.30. The molecule has 112 valence electrons. The van der Waals surface area contributed by atoms with Crippen molar-refractivity contribution in [3.05, 3.63) is 65.5 Å². The first-order valence-electron chi connectivity index (χ1n) is 6.93. The Balaban J connectivity index is 2.16. The monoisotopic (exact) mass is 288 g/mol. The van der Waals surface area contributed by atoms with Crippen molar-refractivity contribution in [2.45, 2.75) is 12.6 Å². The molecule has 0 aliphatic heterocycles. The van der Waals surface area contributed by atoms with Gasteiger partial charge in [0.05, 0.1) is 7.11 Å². The van der Waals surface area contributed by atoms with E-state index in [-0.39, 0.29) is 11.9 Å². The number of benzene rings is 2. The van der Waals surface area contributed by atoms with E-state index < -0.39 is 0 Å². The summed E-state index contributed by atoms with van der Waals surface area (Å²) in [4.78, 5) is 2.14. The minimum Gasteiger partial charge on any atom is -0.496 e. The maximum absolute atomic E-state index is 13.0. The molecule has 0 bridgehead atoms. The molecule has 2 rings (SSSR count). The van der Waals surface area contributed by atoms with E-state index in [9.17, 15) is 4.39 Å². The Morgan fingerprint density at radius 3 is 2.43 bits per heavy atom. The molecule has 0 aliphatic carbocycles. The van der Waals surface area contributed by atoms with Crippen LogP contribution < -0.4 is 10.5 Å². The molecule has 0 aromatic heterocycles. The standard InChI is InChI=1S/C17H21FN2O/c1-20(12-14-5-3-4-6-17(14)21-2)16(11-19)13-7-9-15(18)10-8-13/h3-10,16H,11-12,19H2,1-2H3. The number of halogens is 1. The largest absolute Gasteiger partial charge is 0.496 e. The van der Waals surface area contributed by atoms with Gasteiger partial charge >= 0.3 is 0 Å². The maximum Gasteiger partial charge on any atom is 0.123 e. The first-order chi connectivity index (χ1) is 10.2. The van der Waals surface area contributed by atoms with Crippen molar-refractivity contribution in [3.8, 4) is 5.75 Å². The molecule has 0 saturated heterocycles. The van der Waals surface area contributed by atoms with Gasteiger partial charge in [-0.2, -0.15) is 0 Å². The predicted molar refractivity (Wildman–Crippen MR) is 82.7 cm³/mol. The Hall–Kier alpha value is -1.91. The molecule has 2 aromatic rings. The van der Waals surface area contributed by atoms with Crippen LogP contribution in [0.4, 0.5) is 4.39 Å². The Kier molecular flexibility index (Phi) is 5.31. The number of para-hydroxylation sites is 1. The van der Waals surface area contributed by atoms with Crippen LogP contribution in [0.2, 0.25) is 0 Å². The summed E-state index contributed by atoms with van der Waals surface area (Å²) >= 11 is 0. The molecule has 0 radical (unpaired) electrons. The second-order valence-corrected chi connectivity index (χ2v) is 5.03. The van der Waals surface area contributed by atoms with E-state index in [1.165, 1.54) is 12.1 Å². The Morgan fingerprint density at radius 2 is 1.81 bits per heavy atom. The fourth-order valence-electron chi connectivity index (χ4n) is 2.47. The molecule has 0 heterocycles. The highest BCUT2D eigenvalue weighted by Crippen LogP contribution is 2.24. The molecule has 2 N–H and O–H groups in total. The van der Waals surface area contributed by atoms with E-state index in [0.717, 1.165) is 16.9 Å². The van der Waals surface area contributed by atoms with Crippen molar-refractivity contribution in [1.82, 2.24) is 4.90 Å². The van der Waals surface area contributed by atoms with Gasteiger partial charge in [0.1, 0.15) is 11.6 Å². The van der Waals surface area contributed by atoms with Gasteiger partial charge < -0.3 is 10.5 Å². The van der Waals surface area contributed by atoms with Crippen molar-refractivity contribution in [2.24, 2.45) is 5.73 Å². The Bertz CT molecular complexity index is 571. The van der Waals surface area contributed by atoms with E-state index in [0.29, 0.717) is 13.1 Å². The van der Waals surface area contributed by atoms with E-state index >= 15 is 0 Å². The van der Waals surface area contributed by atoms with E-state index in [1.807, 2.05) is 31.3 Å². The van der Waals surface area contributed by atoms with Gasteiger partial charge in [-0.3, -0.25) is 4.90 Å². The third-order valence-electron chi connectivity index (χ3n) is 3.62. The Morgan fingerprint density at radius 1 is 1.14 bits per heavy atom. The highest BCUT2D eigenvalue weighted by molar-refractivity contribution is 5.33. The summed E-state index contributed by atoms with van der Waals surface area (Å²) < 4.78 is 18.4. The van der Waals surface area contributed by atoms with Crippen molar-refractivity contribution in [2.75, 3.05) is 20.7 Å². The molecule has 0 amide bonds. The number of nitrogens with zero attached hydrogens (tertiary/aromatic N) is 1. The summed E-state index contributed by atoms with van der Waals surface area (Å²) in [6, 6.07) is 14.5. The van der Waals surface area contributed by atoms with Gasteiger partial charge in [-0.25, -0.2) is 4.39 Å². The maximum atomic E-state index is 13.0. The fraction of sp³-hybridized carbons (Fsp3) is 0.294. The minimum atomic E-state index is -0.234. The van der Waals surface area contributed by atoms with Gasteiger partial charge in [0.2, 0.25) is 0 Å². The molecule has 0 saturated carbocycles. The minimum absolute atomic E-state index is 0.0375. The van der Waals surface area contributed by atoms with E-state index in [2.05, 4.69) is 4.90 Å². The highest BCUT2D eigenvalue weighted by Gasteiger charge is 2.17. The molecule has 1 atom stereocenters. The van der Waals surface area contributed by atoms with Gasteiger partial charge in [-0.15, -0.1) is 0 Å². The molecule has 4 heteroatoms. The second kappa shape index (κ2) is 7.20. The molecule has 2 aromatic carbocycles. The van der Waals surface area contributed by atoms with Crippen LogP contribution in [0.25, 0.3) is 0 Å². The number of hydrogen-bond donors (Lipinski definition) is 1. The molecular weight excluding hydrogens is 267 g/mol. The SMILES string of the molecule is COc1ccccc1CN(C)C(CN)c1ccc(F)cc1. The van der Waals surface area contributed by atoms with Gasteiger partial charge in [0.25, 0.3) is 0 Å². The van der Waals surface area contributed by atoms with Crippen LogP contribution in [-0.2, 0) is 6.54 Å². The van der Waals surface area contributed by atoms with Crippen LogP contribution in [0.15, 0.2) is 48.5 Å². The topological polar surface area (TPSA) is 38.5 Å². The molecule has 0 aliphatic rings. The lowest BCUT2D eigenvalue weighted by molar-refractivity contribution is 0.238. The molecule has 0 fully saturated rings. The first-order valence-corrected chi connectivity index (χ1v) is 6.93. The van der Waals surface area contributed by atoms with E-state index in [1.54, 1.807) is 19.2 Å². The third kappa shape index (κ3) is 3.80. The molecular formula is C17H21FN2O. The smallest absolute Gasteiger partial charge is 0.123 e. The quantitative estimate of drug-likeness (QED) is 0.888. The summed E-state index contributed by atoms with van der Waals surface area (Å²) in [5.41, 5.74) is 8.01.